The number of carbonyl (C=O) groups is 8. The number of nitrogens with zero attached hydrogens (tertiary/aromatic N) is 4. The van der Waals surface area contributed by atoms with Crippen LogP contribution < -0.4 is 5.22 Å². The molecule has 0 spiro atoms. The molecule has 0 unspecified atom stereocenters. The van der Waals surface area contributed by atoms with Crippen molar-refractivity contribution in [3.63, 3.8) is 0 Å². The SMILES string of the molecule is C=C/C=C\C(=C)CCN1C(=O)C(=C)c2c(ccc3c2c(=C)c2ccc4c5c(ccc3c52)C(=O)N(CCc2ccccc2)C4=O)C1=O.O=CN(CCCc1ccccc1)C(=O)c1ccc(-c2ccc(C(=O)N(C=O)CCCc3ccccc3)c3ccccc23)c2ccccc12. The van der Waals surface area contributed by atoms with Crippen molar-refractivity contribution in [2.45, 2.75) is 38.5 Å². The fourth-order valence-electron chi connectivity index (χ4n) is 13.2. The minimum atomic E-state index is -0.456. The predicted octanol–water partition coefficient (Wildman–Crippen LogP) is 14.9. The van der Waals surface area contributed by atoms with Crippen molar-refractivity contribution in [1.82, 2.24) is 19.6 Å². The second-order valence-corrected chi connectivity index (χ2v) is 23.5. The zero-order valence-corrected chi connectivity index (χ0v) is 51.9. The number of benzene rings is 11. The highest BCUT2D eigenvalue weighted by molar-refractivity contribution is 6.37. The summed E-state index contributed by atoms with van der Waals surface area (Å²) in [5, 5.41) is 8.16. The molecule has 11 aromatic rings. The van der Waals surface area contributed by atoms with Crippen LogP contribution in [-0.4, -0.2) is 94.0 Å². The van der Waals surface area contributed by atoms with E-state index in [1.54, 1.807) is 48.6 Å². The van der Waals surface area contributed by atoms with Gasteiger partial charge in [0.15, 0.2) is 0 Å². The minimum Gasteiger partial charge on any atom is -0.281 e. The molecule has 0 fully saturated rings. The van der Waals surface area contributed by atoms with Crippen molar-refractivity contribution in [1.29, 1.82) is 0 Å². The first-order valence-corrected chi connectivity index (χ1v) is 31.3. The maximum absolute atomic E-state index is 13.8. The summed E-state index contributed by atoms with van der Waals surface area (Å²) >= 11 is 0. The molecule has 0 radical (unpaired) electrons. The van der Waals surface area contributed by atoms with Gasteiger partial charge in [-0.3, -0.25) is 58.0 Å². The fraction of sp³-hybridized carbons (Fsp3) is 0.122. The molecule has 0 bridgehead atoms. The molecule has 8 amide bonds. The quantitative estimate of drug-likeness (QED) is 0.0172. The van der Waals surface area contributed by atoms with Crippen molar-refractivity contribution in [2.24, 2.45) is 0 Å². The molecule has 94 heavy (non-hydrogen) atoms. The lowest BCUT2D eigenvalue weighted by Crippen LogP contribution is -2.42. The minimum absolute atomic E-state index is 0.173. The molecular formula is C82H66N4O8. The Morgan fingerprint density at radius 1 is 0.415 bits per heavy atom. The van der Waals surface area contributed by atoms with Crippen LogP contribution in [-0.2, 0) is 33.6 Å². The van der Waals surface area contributed by atoms with E-state index in [0.717, 1.165) is 89.3 Å². The molecule has 462 valence electrons. The maximum atomic E-state index is 13.8. The molecule has 0 aromatic heterocycles. The Morgan fingerprint density at radius 3 is 1.32 bits per heavy atom. The summed E-state index contributed by atoms with van der Waals surface area (Å²) in [5.41, 5.74) is 8.83. The second kappa shape index (κ2) is 27.4. The van der Waals surface area contributed by atoms with E-state index in [1.165, 1.54) is 19.6 Å². The number of imide groups is 4. The number of hydrogen-bond donors (Lipinski definition) is 0. The average Bonchev–Trinajstić information content (AvgIpc) is 0.702. The lowest BCUT2D eigenvalue weighted by atomic mass is 9.82. The van der Waals surface area contributed by atoms with Crippen LogP contribution in [0.3, 0.4) is 0 Å². The van der Waals surface area contributed by atoms with Gasteiger partial charge < -0.3 is 0 Å². The average molecular weight is 1240 g/mol. The molecule has 0 aliphatic carbocycles. The van der Waals surface area contributed by atoms with Gasteiger partial charge in [-0.25, -0.2) is 0 Å². The Morgan fingerprint density at radius 2 is 0.830 bits per heavy atom. The number of fused-ring (bicyclic) bond motifs is 6. The third-order valence-electron chi connectivity index (χ3n) is 17.9. The zero-order valence-electron chi connectivity index (χ0n) is 51.9. The van der Waals surface area contributed by atoms with Crippen LogP contribution in [0.4, 0.5) is 0 Å². The Labute approximate surface area is 544 Å². The van der Waals surface area contributed by atoms with Crippen LogP contribution in [0.5, 0.6) is 0 Å². The van der Waals surface area contributed by atoms with Crippen molar-refractivity contribution in [2.75, 3.05) is 26.2 Å². The third kappa shape index (κ3) is 12.0. The number of aryl methyl sites for hydroxylation is 2. The van der Waals surface area contributed by atoms with Crippen LogP contribution in [0.1, 0.15) is 93.3 Å². The molecule has 0 saturated heterocycles. The lowest BCUT2D eigenvalue weighted by Gasteiger charge is -2.30. The van der Waals surface area contributed by atoms with E-state index in [2.05, 4.69) is 26.3 Å². The third-order valence-corrected chi connectivity index (χ3v) is 17.9. The van der Waals surface area contributed by atoms with Crippen molar-refractivity contribution < 1.29 is 38.4 Å². The Hall–Kier alpha value is -11.8. The van der Waals surface area contributed by atoms with Gasteiger partial charge in [0.1, 0.15) is 0 Å². The summed E-state index contributed by atoms with van der Waals surface area (Å²) in [6.45, 7) is 17.3. The summed E-state index contributed by atoms with van der Waals surface area (Å²) in [4.78, 5) is 111. The molecule has 12 heteroatoms. The van der Waals surface area contributed by atoms with Crippen LogP contribution in [0.2, 0.25) is 0 Å². The van der Waals surface area contributed by atoms with E-state index in [1.807, 2.05) is 170 Å². The summed E-state index contributed by atoms with van der Waals surface area (Å²) in [6, 6.07) is 63.4. The molecule has 0 saturated carbocycles. The molecule has 2 aliphatic rings. The second-order valence-electron chi connectivity index (χ2n) is 23.5. The van der Waals surface area contributed by atoms with Crippen LogP contribution in [0.15, 0.2) is 244 Å². The van der Waals surface area contributed by atoms with Crippen LogP contribution in [0.25, 0.3) is 77.1 Å². The molecule has 13 rings (SSSR count). The normalized spacial score (nSPS) is 12.8. The summed E-state index contributed by atoms with van der Waals surface area (Å²) in [5.74, 6) is -2.19. The van der Waals surface area contributed by atoms with Crippen LogP contribution >= 0.6 is 0 Å². The van der Waals surface area contributed by atoms with Gasteiger partial charge in [-0.1, -0.05) is 220 Å². The predicted molar refractivity (Wildman–Crippen MR) is 374 cm³/mol. The highest BCUT2D eigenvalue weighted by Gasteiger charge is 2.37. The molecule has 12 nitrogen and oxygen atoms in total. The molecular weight excluding hydrogens is 1170 g/mol. The standard InChI is InChI=1S/C42H36N2O4.C40H30N2O4/c45-29-43(27-11-17-31-13-3-1-4-14-31)41(47)39-25-23-37(33-19-7-9-21-35(33)39)38-24-26-40(36-22-10-8-20-34(36)38)42(48)44(30-46)28-12-18-32-15-5-2-6-16-32;1-5-6-10-23(2)19-21-41-37(43)25(4)34-30(38(41)44)17-14-28-29-15-18-32-36-31(16-13-27(35(29)36)24(3)33(28)34)39(45)42(40(32)46)22-20-26-11-8-7-9-12-26/h1-10,13-16,19-26,29-30H,11-12,17-18,27-28H2;5-18H,1-4,19-22H2/b;10-6-. The van der Waals surface area contributed by atoms with E-state index in [-0.39, 0.29) is 42.3 Å². The van der Waals surface area contributed by atoms with E-state index < -0.39 is 11.8 Å². The Kier molecular flexibility index (Phi) is 18.2. The van der Waals surface area contributed by atoms with Gasteiger partial charge in [0, 0.05) is 70.5 Å². The van der Waals surface area contributed by atoms with Crippen molar-refractivity contribution in [3.05, 3.63) is 299 Å². The molecule has 0 atom stereocenters. The number of carbonyl (C=O) groups excluding carboxylic acids is 8. The number of hydrogen-bond acceptors (Lipinski definition) is 8. The summed E-state index contributed by atoms with van der Waals surface area (Å²) in [6.07, 6.45) is 10.3. The summed E-state index contributed by atoms with van der Waals surface area (Å²) in [7, 11) is 0. The smallest absolute Gasteiger partial charge is 0.261 e. The monoisotopic (exact) mass is 1230 g/mol. The van der Waals surface area contributed by atoms with E-state index in [4.69, 9.17) is 0 Å². The van der Waals surface area contributed by atoms with Gasteiger partial charge in [0.25, 0.3) is 35.4 Å². The van der Waals surface area contributed by atoms with Gasteiger partial charge in [-0.15, -0.1) is 0 Å². The zero-order chi connectivity index (χ0) is 65.6. The fourth-order valence-corrected chi connectivity index (χ4v) is 13.2. The van der Waals surface area contributed by atoms with Crippen molar-refractivity contribution >= 4 is 114 Å². The van der Waals surface area contributed by atoms with Crippen LogP contribution in [0, 0.1) is 0 Å². The first-order chi connectivity index (χ1) is 45.8. The van der Waals surface area contributed by atoms with Gasteiger partial charge in [-0.05, 0) is 150 Å². The van der Waals surface area contributed by atoms with Crippen molar-refractivity contribution in [3.8, 4) is 11.1 Å². The highest BCUT2D eigenvalue weighted by Crippen LogP contribution is 2.42. The van der Waals surface area contributed by atoms with E-state index >= 15 is 0 Å². The number of amides is 8. The molecule has 2 aliphatic heterocycles. The lowest BCUT2D eigenvalue weighted by molar-refractivity contribution is -0.123. The Balaban J connectivity index is 0.000000181. The first kappa shape index (κ1) is 62.4. The first-order valence-electron chi connectivity index (χ1n) is 31.3. The number of rotatable bonds is 21. The van der Waals surface area contributed by atoms with E-state index in [0.29, 0.717) is 101 Å². The van der Waals surface area contributed by atoms with Gasteiger partial charge in [0.05, 0.1) is 0 Å². The summed E-state index contributed by atoms with van der Waals surface area (Å²) < 4.78 is 0. The highest BCUT2D eigenvalue weighted by atomic mass is 16.2. The molecule has 0 N–H and O–H groups in total. The topological polar surface area (TPSA) is 150 Å². The largest absolute Gasteiger partial charge is 0.281 e. The van der Waals surface area contributed by atoms with Gasteiger partial charge >= 0.3 is 0 Å². The number of allylic oxidation sites excluding steroid dienone is 3. The van der Waals surface area contributed by atoms with Gasteiger partial charge in [-0.2, -0.15) is 0 Å². The van der Waals surface area contributed by atoms with E-state index in [9.17, 15) is 38.4 Å². The maximum Gasteiger partial charge on any atom is 0.261 e. The molecule has 2 heterocycles. The Bertz CT molecular complexity index is 4840. The van der Waals surface area contributed by atoms with Gasteiger partial charge in [0.2, 0.25) is 12.8 Å². The molecule has 11 aromatic carbocycles.